The van der Waals surface area contributed by atoms with E-state index in [0.717, 1.165) is 13.1 Å². The van der Waals surface area contributed by atoms with Crippen LogP contribution in [0.15, 0.2) is 36.7 Å². The average molecular weight is 271 g/mol. The van der Waals surface area contributed by atoms with Gasteiger partial charge in [0.05, 0.1) is 0 Å². The van der Waals surface area contributed by atoms with Gasteiger partial charge in [0.25, 0.3) is 0 Å². The highest BCUT2D eigenvalue weighted by Gasteiger charge is 2.03. The summed E-state index contributed by atoms with van der Waals surface area (Å²) >= 11 is 0. The van der Waals surface area contributed by atoms with E-state index >= 15 is 0 Å². The molecule has 1 heterocycles. The van der Waals surface area contributed by atoms with Crippen molar-refractivity contribution in [3.05, 3.63) is 47.8 Å². The molecule has 20 heavy (non-hydrogen) atoms. The van der Waals surface area contributed by atoms with E-state index in [1.807, 2.05) is 0 Å². The van der Waals surface area contributed by atoms with Gasteiger partial charge in [0, 0.05) is 51.0 Å². The minimum absolute atomic E-state index is 0.868. The molecule has 1 aromatic carbocycles. The maximum atomic E-state index is 3.50. The van der Waals surface area contributed by atoms with Crippen LogP contribution in [0.5, 0.6) is 0 Å². The van der Waals surface area contributed by atoms with Crippen molar-refractivity contribution >= 4 is 11.4 Å². The summed E-state index contributed by atoms with van der Waals surface area (Å²) in [5, 5.41) is 3.50. The molecule has 0 radical (unpaired) electrons. The second-order valence-corrected chi connectivity index (χ2v) is 5.51. The van der Waals surface area contributed by atoms with Crippen molar-refractivity contribution in [2.75, 3.05) is 24.3 Å². The van der Waals surface area contributed by atoms with E-state index in [4.69, 9.17) is 0 Å². The number of benzene rings is 1. The van der Waals surface area contributed by atoms with E-state index in [2.05, 4.69) is 79.4 Å². The molecule has 0 fully saturated rings. The molecule has 2 rings (SSSR count). The lowest BCUT2D eigenvalue weighted by atomic mass is 10.1. The highest BCUT2D eigenvalue weighted by atomic mass is 15.1. The maximum absolute atomic E-state index is 3.50. The number of nitrogens with one attached hydrogen (secondary N) is 1. The standard InChI is InChI=1S/C17H25N3/c1-5-9-20-10-8-15(13-20)12-18-16-7-6-14(2)17(11-16)19(3)4/h6-8,10-11,13,18H,5,9,12H2,1-4H3. The van der Waals surface area contributed by atoms with Crippen LogP contribution >= 0.6 is 0 Å². The molecule has 1 aromatic heterocycles. The van der Waals surface area contributed by atoms with Crippen LogP contribution in [-0.2, 0) is 13.1 Å². The summed E-state index contributed by atoms with van der Waals surface area (Å²) in [4.78, 5) is 2.15. The largest absolute Gasteiger partial charge is 0.381 e. The molecule has 0 aliphatic carbocycles. The second-order valence-electron chi connectivity index (χ2n) is 5.51. The van der Waals surface area contributed by atoms with Crippen LogP contribution in [0.1, 0.15) is 24.5 Å². The van der Waals surface area contributed by atoms with Gasteiger partial charge in [0.1, 0.15) is 0 Å². The third-order valence-corrected chi connectivity index (χ3v) is 3.48. The zero-order valence-corrected chi connectivity index (χ0v) is 13.0. The summed E-state index contributed by atoms with van der Waals surface area (Å²) < 4.78 is 2.25. The number of rotatable bonds is 6. The molecule has 108 valence electrons. The molecule has 3 heteroatoms. The average Bonchev–Trinajstić information content (AvgIpc) is 2.86. The first-order chi connectivity index (χ1) is 9.60. The Morgan fingerprint density at radius 2 is 2.00 bits per heavy atom. The molecular weight excluding hydrogens is 246 g/mol. The van der Waals surface area contributed by atoms with Crippen LogP contribution in [0.4, 0.5) is 11.4 Å². The van der Waals surface area contributed by atoms with Crippen molar-refractivity contribution in [3.63, 3.8) is 0 Å². The van der Waals surface area contributed by atoms with Gasteiger partial charge in [-0.15, -0.1) is 0 Å². The molecule has 0 aliphatic rings. The van der Waals surface area contributed by atoms with Gasteiger partial charge in [0.15, 0.2) is 0 Å². The third-order valence-electron chi connectivity index (χ3n) is 3.48. The zero-order chi connectivity index (χ0) is 14.5. The number of nitrogens with zero attached hydrogens (tertiary/aromatic N) is 2. The lowest BCUT2D eigenvalue weighted by molar-refractivity contribution is 0.682. The molecule has 0 aliphatic heterocycles. The third kappa shape index (κ3) is 3.56. The van der Waals surface area contributed by atoms with Crippen LogP contribution in [-0.4, -0.2) is 18.7 Å². The minimum atomic E-state index is 0.868. The lowest BCUT2D eigenvalue weighted by Crippen LogP contribution is -2.10. The molecule has 0 spiro atoms. The van der Waals surface area contributed by atoms with Crippen molar-refractivity contribution in [3.8, 4) is 0 Å². The Labute approximate surface area is 122 Å². The van der Waals surface area contributed by atoms with E-state index in [1.54, 1.807) is 0 Å². The first-order valence-corrected chi connectivity index (χ1v) is 7.26. The highest BCUT2D eigenvalue weighted by Crippen LogP contribution is 2.22. The quantitative estimate of drug-likeness (QED) is 0.860. The van der Waals surface area contributed by atoms with Gasteiger partial charge in [-0.3, -0.25) is 0 Å². The van der Waals surface area contributed by atoms with Crippen molar-refractivity contribution < 1.29 is 0 Å². The Hall–Kier alpha value is -1.90. The molecule has 0 saturated heterocycles. The predicted molar refractivity (Wildman–Crippen MR) is 87.6 cm³/mol. The number of hydrogen-bond donors (Lipinski definition) is 1. The van der Waals surface area contributed by atoms with Crippen molar-refractivity contribution in [1.29, 1.82) is 0 Å². The fraction of sp³-hybridized carbons (Fsp3) is 0.412. The van der Waals surface area contributed by atoms with Gasteiger partial charge in [-0.05, 0) is 42.7 Å². The van der Waals surface area contributed by atoms with Gasteiger partial charge in [-0.2, -0.15) is 0 Å². The van der Waals surface area contributed by atoms with Crippen LogP contribution in [0.2, 0.25) is 0 Å². The molecule has 3 nitrogen and oxygen atoms in total. The van der Waals surface area contributed by atoms with Crippen LogP contribution in [0.25, 0.3) is 0 Å². The predicted octanol–water partition coefficient (Wildman–Crippen LogP) is 3.88. The number of hydrogen-bond acceptors (Lipinski definition) is 2. The van der Waals surface area contributed by atoms with Gasteiger partial charge < -0.3 is 14.8 Å². The van der Waals surface area contributed by atoms with Crippen molar-refractivity contribution in [1.82, 2.24) is 4.57 Å². The molecule has 1 N–H and O–H groups in total. The summed E-state index contributed by atoms with van der Waals surface area (Å²) in [5.41, 5.74) is 5.06. The number of aryl methyl sites for hydroxylation is 2. The summed E-state index contributed by atoms with van der Waals surface area (Å²) in [5.74, 6) is 0. The second kappa shape index (κ2) is 6.51. The van der Waals surface area contributed by atoms with E-state index in [1.165, 1.54) is 28.9 Å². The Morgan fingerprint density at radius 1 is 1.20 bits per heavy atom. The summed E-state index contributed by atoms with van der Waals surface area (Å²) in [6.07, 6.45) is 5.55. The molecule has 0 bridgehead atoms. The Balaban J connectivity index is 2.01. The zero-order valence-electron chi connectivity index (χ0n) is 13.0. The molecule has 0 saturated carbocycles. The number of aromatic nitrogens is 1. The van der Waals surface area contributed by atoms with Gasteiger partial charge in [-0.1, -0.05) is 13.0 Å². The Kier molecular flexibility index (Phi) is 4.72. The Morgan fingerprint density at radius 3 is 2.70 bits per heavy atom. The van der Waals surface area contributed by atoms with Gasteiger partial charge >= 0.3 is 0 Å². The first kappa shape index (κ1) is 14.5. The van der Waals surface area contributed by atoms with Gasteiger partial charge in [-0.25, -0.2) is 0 Å². The molecule has 0 unspecified atom stereocenters. The van der Waals surface area contributed by atoms with E-state index < -0.39 is 0 Å². The Bertz CT molecular complexity index is 555. The normalized spacial score (nSPS) is 10.6. The van der Waals surface area contributed by atoms with Crippen molar-refractivity contribution in [2.45, 2.75) is 33.4 Å². The van der Waals surface area contributed by atoms with Crippen LogP contribution < -0.4 is 10.2 Å². The van der Waals surface area contributed by atoms with Crippen LogP contribution in [0, 0.1) is 6.92 Å². The van der Waals surface area contributed by atoms with Gasteiger partial charge in [0.2, 0.25) is 0 Å². The molecule has 2 aromatic rings. The highest BCUT2D eigenvalue weighted by molar-refractivity contribution is 5.61. The monoisotopic (exact) mass is 271 g/mol. The van der Waals surface area contributed by atoms with Crippen molar-refractivity contribution in [2.24, 2.45) is 0 Å². The van der Waals surface area contributed by atoms with Crippen LogP contribution in [0.3, 0.4) is 0 Å². The number of anilines is 2. The SMILES string of the molecule is CCCn1ccc(CNc2ccc(C)c(N(C)C)c2)c1. The topological polar surface area (TPSA) is 20.2 Å². The van der Waals surface area contributed by atoms with E-state index in [0.29, 0.717) is 0 Å². The summed E-state index contributed by atoms with van der Waals surface area (Å²) in [7, 11) is 4.16. The molecular formula is C17H25N3. The summed E-state index contributed by atoms with van der Waals surface area (Å²) in [6.45, 7) is 6.30. The fourth-order valence-electron chi connectivity index (χ4n) is 2.40. The minimum Gasteiger partial charge on any atom is -0.381 e. The van der Waals surface area contributed by atoms with E-state index in [9.17, 15) is 0 Å². The van der Waals surface area contributed by atoms with E-state index in [-0.39, 0.29) is 0 Å². The first-order valence-electron chi connectivity index (χ1n) is 7.26. The summed E-state index contributed by atoms with van der Waals surface area (Å²) in [6, 6.07) is 8.70. The fourth-order valence-corrected chi connectivity index (χ4v) is 2.40. The molecule has 0 amide bonds. The smallest absolute Gasteiger partial charge is 0.0415 e. The maximum Gasteiger partial charge on any atom is 0.0415 e. The molecule has 0 atom stereocenters. The lowest BCUT2D eigenvalue weighted by Gasteiger charge is -2.17.